The second kappa shape index (κ2) is 6.31. The van der Waals surface area contributed by atoms with Gasteiger partial charge in [-0.3, -0.25) is 15.5 Å². The van der Waals surface area contributed by atoms with Gasteiger partial charge in [-0.05, 0) is 28.1 Å². The number of anilines is 1. The number of phenols is 1. The number of thiazole rings is 1. The monoisotopic (exact) mass is 392 g/mol. The third kappa shape index (κ3) is 3.30. The summed E-state index contributed by atoms with van der Waals surface area (Å²) in [5.74, 6) is -0.120. The molecule has 3 rings (SSSR count). The molecule has 2 aromatic carbocycles. The average molecular weight is 393 g/mol. The van der Waals surface area contributed by atoms with Gasteiger partial charge in [0.15, 0.2) is 0 Å². The molecule has 1 heterocycles. The van der Waals surface area contributed by atoms with Crippen molar-refractivity contribution in [2.24, 2.45) is 5.10 Å². The molecule has 0 spiro atoms. The fourth-order valence-electron chi connectivity index (χ4n) is 1.89. The van der Waals surface area contributed by atoms with Crippen LogP contribution < -0.4 is 5.43 Å². The Morgan fingerprint density at radius 2 is 2.17 bits per heavy atom. The minimum absolute atomic E-state index is 0.120. The number of rotatable bonds is 4. The van der Waals surface area contributed by atoms with Gasteiger partial charge in [0.1, 0.15) is 5.75 Å². The van der Waals surface area contributed by atoms with Crippen molar-refractivity contribution >= 4 is 54.5 Å². The summed E-state index contributed by atoms with van der Waals surface area (Å²) < 4.78 is 1.25. The first-order valence-electron chi connectivity index (χ1n) is 6.36. The van der Waals surface area contributed by atoms with Crippen LogP contribution in [0.25, 0.3) is 10.2 Å². The summed E-state index contributed by atoms with van der Waals surface area (Å²) in [4.78, 5) is 14.7. The van der Waals surface area contributed by atoms with Crippen molar-refractivity contribution in [2.75, 3.05) is 5.43 Å². The highest BCUT2D eigenvalue weighted by Crippen LogP contribution is 2.31. The molecule has 0 atom stereocenters. The second-order valence-electron chi connectivity index (χ2n) is 4.48. The molecule has 0 aliphatic carbocycles. The summed E-state index contributed by atoms with van der Waals surface area (Å²) in [6, 6.07) is 10.1. The predicted octanol–water partition coefficient (Wildman–Crippen LogP) is 4.12. The Morgan fingerprint density at radius 3 is 2.91 bits per heavy atom. The quantitative estimate of drug-likeness (QED) is 0.395. The molecule has 9 heteroatoms. The van der Waals surface area contributed by atoms with E-state index in [0.717, 1.165) is 10.2 Å². The lowest BCUT2D eigenvalue weighted by Crippen LogP contribution is -1.94. The van der Waals surface area contributed by atoms with Gasteiger partial charge in [-0.25, -0.2) is 4.98 Å². The number of halogens is 1. The van der Waals surface area contributed by atoms with E-state index in [1.807, 2.05) is 24.3 Å². The lowest BCUT2D eigenvalue weighted by atomic mass is 10.2. The Bertz CT molecular complexity index is 893. The van der Waals surface area contributed by atoms with Gasteiger partial charge in [0, 0.05) is 17.7 Å². The van der Waals surface area contributed by atoms with Crippen molar-refractivity contribution in [3.63, 3.8) is 0 Å². The number of hydrazone groups is 1. The summed E-state index contributed by atoms with van der Waals surface area (Å²) in [7, 11) is 0. The van der Waals surface area contributed by atoms with Crippen molar-refractivity contribution < 1.29 is 10.0 Å². The minimum atomic E-state index is -0.539. The number of hydrogen-bond acceptors (Lipinski definition) is 7. The Morgan fingerprint density at radius 1 is 1.39 bits per heavy atom. The highest BCUT2D eigenvalue weighted by atomic mass is 79.9. The first-order valence-corrected chi connectivity index (χ1v) is 7.97. The van der Waals surface area contributed by atoms with E-state index in [4.69, 9.17) is 0 Å². The van der Waals surface area contributed by atoms with E-state index in [-0.39, 0.29) is 21.5 Å². The van der Waals surface area contributed by atoms with Gasteiger partial charge in [0.05, 0.1) is 25.8 Å². The van der Waals surface area contributed by atoms with Crippen LogP contribution in [0, 0.1) is 10.1 Å². The van der Waals surface area contributed by atoms with Gasteiger partial charge >= 0.3 is 0 Å². The van der Waals surface area contributed by atoms with Crippen LogP contribution in [0.1, 0.15) is 5.56 Å². The van der Waals surface area contributed by atoms with Gasteiger partial charge in [-0.2, -0.15) is 5.10 Å². The first-order chi connectivity index (χ1) is 11.0. The summed E-state index contributed by atoms with van der Waals surface area (Å²) in [6.45, 7) is 0. The van der Waals surface area contributed by atoms with Gasteiger partial charge in [-0.1, -0.05) is 23.5 Å². The number of fused-ring (bicyclic) bond motifs is 1. The van der Waals surface area contributed by atoms with Gasteiger partial charge in [0.2, 0.25) is 5.13 Å². The van der Waals surface area contributed by atoms with E-state index >= 15 is 0 Å². The summed E-state index contributed by atoms with van der Waals surface area (Å²) >= 11 is 4.51. The molecule has 0 saturated carbocycles. The molecule has 0 amide bonds. The van der Waals surface area contributed by atoms with Gasteiger partial charge in [-0.15, -0.1) is 0 Å². The van der Waals surface area contributed by atoms with Gasteiger partial charge < -0.3 is 5.11 Å². The molecule has 3 aromatic rings. The Balaban J connectivity index is 1.83. The maximum atomic E-state index is 10.8. The standard InChI is InChI=1S/C14H9BrN4O3S/c15-10-6-9(19(21)22)5-8(13(10)20)7-16-18-14-17-11-3-1-2-4-12(11)23-14/h1-7,20H,(H,17,18). The van der Waals surface area contributed by atoms with E-state index in [1.165, 1.54) is 29.7 Å². The maximum absolute atomic E-state index is 10.8. The lowest BCUT2D eigenvalue weighted by Gasteiger charge is -2.01. The highest BCUT2D eigenvalue weighted by molar-refractivity contribution is 9.10. The van der Waals surface area contributed by atoms with Crippen LogP contribution in [-0.4, -0.2) is 21.2 Å². The third-order valence-electron chi connectivity index (χ3n) is 2.95. The van der Waals surface area contributed by atoms with Crippen LogP contribution in [-0.2, 0) is 0 Å². The molecule has 23 heavy (non-hydrogen) atoms. The van der Waals surface area contributed by atoms with Crippen LogP contribution in [0.4, 0.5) is 10.8 Å². The molecule has 0 radical (unpaired) electrons. The van der Waals surface area contributed by atoms with Crippen LogP contribution in [0.5, 0.6) is 5.75 Å². The Kier molecular flexibility index (Phi) is 4.22. The number of non-ortho nitro benzene ring substituents is 1. The number of aromatic hydroxyl groups is 1. The molecular weight excluding hydrogens is 384 g/mol. The van der Waals surface area contributed by atoms with E-state index < -0.39 is 4.92 Å². The molecule has 116 valence electrons. The zero-order valence-corrected chi connectivity index (χ0v) is 13.8. The number of hydrogen-bond donors (Lipinski definition) is 2. The fourth-order valence-corrected chi connectivity index (χ4v) is 3.17. The summed E-state index contributed by atoms with van der Waals surface area (Å²) in [5.41, 5.74) is 3.70. The normalized spacial score (nSPS) is 11.2. The number of nitro benzene ring substituents is 1. The molecule has 1 aromatic heterocycles. The molecule has 0 bridgehead atoms. The van der Waals surface area contributed by atoms with Crippen molar-refractivity contribution in [1.29, 1.82) is 0 Å². The summed E-state index contributed by atoms with van der Waals surface area (Å²) in [5, 5.41) is 25.3. The predicted molar refractivity (Wildman–Crippen MR) is 93.3 cm³/mol. The smallest absolute Gasteiger partial charge is 0.271 e. The van der Waals surface area contributed by atoms with Crippen molar-refractivity contribution in [3.8, 4) is 5.75 Å². The van der Waals surface area contributed by atoms with Crippen LogP contribution >= 0.6 is 27.3 Å². The second-order valence-corrected chi connectivity index (χ2v) is 6.36. The lowest BCUT2D eigenvalue weighted by molar-refractivity contribution is -0.385. The number of benzene rings is 2. The zero-order valence-electron chi connectivity index (χ0n) is 11.4. The number of nitrogens with zero attached hydrogens (tertiary/aromatic N) is 3. The molecule has 0 saturated heterocycles. The number of nitrogens with one attached hydrogen (secondary N) is 1. The SMILES string of the molecule is O=[N+]([O-])c1cc(Br)c(O)c(C=NNc2nc3ccccc3s2)c1. The van der Waals surface area contributed by atoms with E-state index in [2.05, 4.69) is 31.4 Å². The third-order valence-corrected chi connectivity index (χ3v) is 4.49. The molecular formula is C14H9BrN4O3S. The minimum Gasteiger partial charge on any atom is -0.506 e. The number of para-hydroxylation sites is 1. The largest absolute Gasteiger partial charge is 0.506 e. The molecule has 0 fully saturated rings. The molecule has 0 aliphatic heterocycles. The number of phenolic OH excluding ortho intramolecular Hbond substituents is 1. The molecule has 7 nitrogen and oxygen atoms in total. The number of nitro groups is 1. The molecule has 2 N–H and O–H groups in total. The number of aromatic nitrogens is 1. The van der Waals surface area contributed by atoms with Crippen molar-refractivity contribution in [3.05, 3.63) is 56.5 Å². The Labute approximate surface area is 142 Å². The molecule has 0 unspecified atom stereocenters. The van der Waals surface area contributed by atoms with Crippen LogP contribution in [0.15, 0.2) is 46.0 Å². The van der Waals surface area contributed by atoms with Crippen molar-refractivity contribution in [2.45, 2.75) is 0 Å². The highest BCUT2D eigenvalue weighted by Gasteiger charge is 2.13. The molecule has 0 aliphatic rings. The zero-order chi connectivity index (χ0) is 16.4. The van der Waals surface area contributed by atoms with Crippen LogP contribution in [0.3, 0.4) is 0 Å². The fraction of sp³-hybridized carbons (Fsp3) is 0. The van der Waals surface area contributed by atoms with E-state index in [9.17, 15) is 15.2 Å². The topological polar surface area (TPSA) is 101 Å². The summed E-state index contributed by atoms with van der Waals surface area (Å²) in [6.07, 6.45) is 1.30. The average Bonchev–Trinajstić information content (AvgIpc) is 2.93. The Hall–Kier alpha value is -2.52. The first kappa shape index (κ1) is 15.4. The van der Waals surface area contributed by atoms with Crippen LogP contribution in [0.2, 0.25) is 0 Å². The van der Waals surface area contributed by atoms with E-state index in [0.29, 0.717) is 5.13 Å². The maximum Gasteiger partial charge on any atom is 0.271 e. The van der Waals surface area contributed by atoms with E-state index in [1.54, 1.807) is 0 Å². The van der Waals surface area contributed by atoms with Gasteiger partial charge in [0.25, 0.3) is 5.69 Å². The van der Waals surface area contributed by atoms with Crippen molar-refractivity contribution in [1.82, 2.24) is 4.98 Å².